The fraction of sp³-hybridized carbons (Fsp3) is 0.294. The zero-order valence-corrected chi connectivity index (χ0v) is 12.8. The van der Waals surface area contributed by atoms with Crippen molar-refractivity contribution in [3.8, 4) is 12.3 Å². The molecule has 0 saturated heterocycles. The summed E-state index contributed by atoms with van der Waals surface area (Å²) in [5.41, 5.74) is 0.256. The standard InChI is InChI=1S/C17H16O4S/c1-2-13-15(19)10-16(20)14(11-21-9-8-18)17(13)22-12-6-4-3-5-7-12/h1,3-7,14,18H,8-11H2. The Morgan fingerprint density at radius 1 is 1.32 bits per heavy atom. The maximum Gasteiger partial charge on any atom is 0.179 e. The third-order valence-corrected chi connectivity index (χ3v) is 4.42. The van der Waals surface area contributed by atoms with Crippen molar-refractivity contribution < 1.29 is 19.4 Å². The quantitative estimate of drug-likeness (QED) is 0.493. The maximum atomic E-state index is 12.2. The van der Waals surface area contributed by atoms with Gasteiger partial charge in [0.2, 0.25) is 0 Å². The van der Waals surface area contributed by atoms with Crippen LogP contribution in [0, 0.1) is 18.3 Å². The molecule has 0 bridgehead atoms. The molecule has 1 aromatic rings. The molecule has 0 radical (unpaired) electrons. The molecule has 2 rings (SSSR count). The van der Waals surface area contributed by atoms with E-state index in [-0.39, 0.29) is 43.4 Å². The third-order valence-electron chi connectivity index (χ3n) is 3.20. The number of aliphatic hydroxyl groups is 1. The lowest BCUT2D eigenvalue weighted by atomic mass is 9.88. The first-order valence-electron chi connectivity index (χ1n) is 6.85. The van der Waals surface area contributed by atoms with Gasteiger partial charge < -0.3 is 9.84 Å². The molecule has 114 valence electrons. The zero-order valence-electron chi connectivity index (χ0n) is 12.0. The Morgan fingerprint density at radius 3 is 2.68 bits per heavy atom. The molecule has 0 heterocycles. The smallest absolute Gasteiger partial charge is 0.179 e. The Hall–Kier alpha value is -1.87. The molecule has 0 spiro atoms. The summed E-state index contributed by atoms with van der Waals surface area (Å²) in [6.45, 7) is 0.145. The molecule has 0 amide bonds. The van der Waals surface area contributed by atoms with Crippen molar-refractivity contribution in [1.29, 1.82) is 0 Å². The number of ketones is 2. The average molecular weight is 316 g/mol. The number of thioether (sulfide) groups is 1. The Labute approximate surface area is 133 Å². The fourth-order valence-corrected chi connectivity index (χ4v) is 3.32. The SMILES string of the molecule is C#CC1=C(Sc2ccccc2)C(COCCO)C(=O)CC1=O. The van der Waals surface area contributed by atoms with Gasteiger partial charge in [-0.2, -0.15) is 0 Å². The van der Waals surface area contributed by atoms with E-state index in [1.807, 2.05) is 30.3 Å². The highest BCUT2D eigenvalue weighted by molar-refractivity contribution is 8.03. The minimum Gasteiger partial charge on any atom is -0.394 e. The Bertz CT molecular complexity index is 628. The second-order valence-corrected chi connectivity index (χ2v) is 5.83. The van der Waals surface area contributed by atoms with Crippen molar-refractivity contribution in [3.63, 3.8) is 0 Å². The molecule has 0 fully saturated rings. The van der Waals surface area contributed by atoms with Crippen molar-refractivity contribution >= 4 is 23.3 Å². The lowest BCUT2D eigenvalue weighted by molar-refractivity contribution is -0.129. The number of benzene rings is 1. The molecule has 1 N–H and O–H groups in total. The largest absolute Gasteiger partial charge is 0.394 e. The van der Waals surface area contributed by atoms with E-state index in [4.69, 9.17) is 16.3 Å². The van der Waals surface area contributed by atoms with Crippen molar-refractivity contribution in [1.82, 2.24) is 0 Å². The van der Waals surface area contributed by atoms with Crippen molar-refractivity contribution in [3.05, 3.63) is 40.8 Å². The molecule has 4 nitrogen and oxygen atoms in total. The Balaban J connectivity index is 2.32. The molecule has 1 unspecified atom stereocenters. The highest BCUT2D eigenvalue weighted by Gasteiger charge is 2.35. The second-order valence-electron chi connectivity index (χ2n) is 4.72. The topological polar surface area (TPSA) is 63.6 Å². The predicted octanol–water partition coefficient (Wildman–Crippen LogP) is 1.83. The van der Waals surface area contributed by atoms with Gasteiger partial charge in [0.1, 0.15) is 0 Å². The number of hydrogen-bond acceptors (Lipinski definition) is 5. The number of aliphatic hydroxyl groups excluding tert-OH is 1. The number of Topliss-reactive ketones (excluding diaryl/α,β-unsaturated/α-hetero) is 2. The summed E-state index contributed by atoms with van der Waals surface area (Å²) in [5.74, 6) is 1.35. The first-order chi connectivity index (χ1) is 10.7. The first-order valence-corrected chi connectivity index (χ1v) is 7.67. The third kappa shape index (κ3) is 3.86. The van der Waals surface area contributed by atoms with Gasteiger partial charge in [-0.05, 0) is 12.1 Å². The summed E-state index contributed by atoms with van der Waals surface area (Å²) in [7, 11) is 0. The van der Waals surface area contributed by atoms with Gasteiger partial charge in [0.25, 0.3) is 0 Å². The predicted molar refractivity (Wildman–Crippen MR) is 84.2 cm³/mol. The lowest BCUT2D eigenvalue weighted by Crippen LogP contribution is -2.30. The highest BCUT2D eigenvalue weighted by atomic mass is 32.2. The molecule has 1 aromatic carbocycles. The minimum atomic E-state index is -0.555. The summed E-state index contributed by atoms with van der Waals surface area (Å²) in [6, 6.07) is 9.42. The van der Waals surface area contributed by atoms with Crippen LogP contribution in [-0.2, 0) is 14.3 Å². The van der Waals surface area contributed by atoms with Gasteiger partial charge in [0.15, 0.2) is 11.6 Å². The van der Waals surface area contributed by atoms with Crippen LogP contribution in [-0.4, -0.2) is 36.5 Å². The van der Waals surface area contributed by atoms with Gasteiger partial charge in [0.05, 0.1) is 37.7 Å². The second kappa shape index (κ2) is 7.95. The van der Waals surface area contributed by atoms with Crippen LogP contribution in [0.5, 0.6) is 0 Å². The molecule has 0 aliphatic heterocycles. The monoisotopic (exact) mass is 316 g/mol. The molecule has 0 saturated carbocycles. The molecule has 0 aromatic heterocycles. The number of rotatable bonds is 6. The van der Waals surface area contributed by atoms with Crippen LogP contribution >= 0.6 is 11.8 Å². The number of terminal acetylenes is 1. The Morgan fingerprint density at radius 2 is 2.05 bits per heavy atom. The number of ether oxygens (including phenoxy) is 1. The van der Waals surface area contributed by atoms with Crippen LogP contribution in [0.1, 0.15) is 6.42 Å². The van der Waals surface area contributed by atoms with E-state index >= 15 is 0 Å². The summed E-state index contributed by atoms with van der Waals surface area (Å²) in [5, 5.41) is 8.79. The van der Waals surface area contributed by atoms with E-state index in [0.717, 1.165) is 4.90 Å². The van der Waals surface area contributed by atoms with E-state index < -0.39 is 5.92 Å². The van der Waals surface area contributed by atoms with Crippen LogP contribution in [0.2, 0.25) is 0 Å². The zero-order chi connectivity index (χ0) is 15.9. The van der Waals surface area contributed by atoms with E-state index in [1.165, 1.54) is 11.8 Å². The number of hydrogen-bond donors (Lipinski definition) is 1. The summed E-state index contributed by atoms with van der Waals surface area (Å²) in [6.07, 6.45) is 5.28. The molecular weight excluding hydrogens is 300 g/mol. The molecule has 22 heavy (non-hydrogen) atoms. The number of allylic oxidation sites excluding steroid dienone is 1. The van der Waals surface area contributed by atoms with Crippen LogP contribution < -0.4 is 0 Å². The normalized spacial score (nSPS) is 18.5. The van der Waals surface area contributed by atoms with Crippen molar-refractivity contribution in [2.24, 2.45) is 5.92 Å². The van der Waals surface area contributed by atoms with Gasteiger partial charge in [-0.25, -0.2) is 0 Å². The van der Waals surface area contributed by atoms with Crippen molar-refractivity contribution in [2.45, 2.75) is 11.3 Å². The van der Waals surface area contributed by atoms with Crippen LogP contribution in [0.15, 0.2) is 45.7 Å². The van der Waals surface area contributed by atoms with Crippen LogP contribution in [0.25, 0.3) is 0 Å². The van der Waals surface area contributed by atoms with Gasteiger partial charge in [-0.1, -0.05) is 35.9 Å². The van der Waals surface area contributed by atoms with Gasteiger partial charge in [-0.15, -0.1) is 6.42 Å². The van der Waals surface area contributed by atoms with E-state index in [2.05, 4.69) is 5.92 Å². The van der Waals surface area contributed by atoms with Gasteiger partial charge in [0, 0.05) is 9.80 Å². The lowest BCUT2D eigenvalue weighted by Gasteiger charge is -2.24. The maximum absolute atomic E-state index is 12.2. The van der Waals surface area contributed by atoms with E-state index in [9.17, 15) is 9.59 Å². The van der Waals surface area contributed by atoms with Gasteiger partial charge in [-0.3, -0.25) is 9.59 Å². The number of carbonyl (C=O) groups excluding carboxylic acids is 2. The average Bonchev–Trinajstić information content (AvgIpc) is 2.51. The summed E-state index contributed by atoms with van der Waals surface area (Å²) >= 11 is 1.32. The van der Waals surface area contributed by atoms with Gasteiger partial charge >= 0.3 is 0 Å². The Kier molecular flexibility index (Phi) is 5.96. The molecule has 1 aliphatic rings. The minimum absolute atomic E-state index is 0.118. The van der Waals surface area contributed by atoms with Crippen molar-refractivity contribution in [2.75, 3.05) is 19.8 Å². The van der Waals surface area contributed by atoms with E-state index in [0.29, 0.717) is 4.91 Å². The molecule has 5 heteroatoms. The highest BCUT2D eigenvalue weighted by Crippen LogP contribution is 2.38. The van der Waals surface area contributed by atoms with Crippen LogP contribution in [0.3, 0.4) is 0 Å². The summed E-state index contributed by atoms with van der Waals surface area (Å²) in [4.78, 5) is 25.6. The first kappa shape index (κ1) is 16.5. The van der Waals surface area contributed by atoms with E-state index in [1.54, 1.807) is 0 Å². The molecule has 1 aliphatic carbocycles. The fourth-order valence-electron chi connectivity index (χ4n) is 2.15. The molecular formula is C17H16O4S. The molecule has 1 atom stereocenters. The number of carbonyl (C=O) groups is 2. The summed E-state index contributed by atoms with van der Waals surface area (Å²) < 4.78 is 5.29. The van der Waals surface area contributed by atoms with Crippen LogP contribution in [0.4, 0.5) is 0 Å².